The average molecular weight is 389 g/mol. The molecule has 2 aromatic rings. The number of nitrogens with one attached hydrogen (secondary N) is 1. The first-order chi connectivity index (χ1) is 12.9. The summed E-state index contributed by atoms with van der Waals surface area (Å²) in [6.07, 6.45) is 1.02. The maximum atomic E-state index is 11.9. The van der Waals surface area contributed by atoms with E-state index in [-0.39, 0.29) is 11.8 Å². The van der Waals surface area contributed by atoms with Crippen molar-refractivity contribution in [3.05, 3.63) is 64.2 Å². The van der Waals surface area contributed by atoms with Gasteiger partial charge in [0.2, 0.25) is 5.91 Å². The molecule has 5 nitrogen and oxygen atoms in total. The van der Waals surface area contributed by atoms with Crippen LogP contribution in [-0.2, 0) is 11.3 Å². The summed E-state index contributed by atoms with van der Waals surface area (Å²) >= 11 is 5.98. The van der Waals surface area contributed by atoms with E-state index >= 15 is 0 Å². The van der Waals surface area contributed by atoms with Crippen LogP contribution in [0.4, 0.5) is 0 Å². The Hall–Kier alpha value is -2.53. The largest absolute Gasteiger partial charge is 0.494 e. The monoisotopic (exact) mass is 388 g/mol. The number of carbonyl (C=O) groups is 2. The van der Waals surface area contributed by atoms with Crippen molar-refractivity contribution in [2.75, 3.05) is 20.7 Å². The molecule has 0 bridgehead atoms. The molecule has 0 aliphatic heterocycles. The molecule has 0 radical (unpaired) electrons. The van der Waals surface area contributed by atoms with Crippen molar-refractivity contribution in [1.82, 2.24) is 10.2 Å². The second kappa shape index (κ2) is 9.97. The lowest BCUT2D eigenvalue weighted by atomic mass is 10.1. The maximum Gasteiger partial charge on any atom is 0.253 e. The molecule has 0 aromatic heterocycles. The fourth-order valence-corrected chi connectivity index (χ4v) is 2.56. The van der Waals surface area contributed by atoms with Gasteiger partial charge in [-0.1, -0.05) is 23.7 Å². The van der Waals surface area contributed by atoms with Crippen molar-refractivity contribution in [1.29, 1.82) is 0 Å². The van der Waals surface area contributed by atoms with Gasteiger partial charge in [-0.15, -0.1) is 0 Å². The van der Waals surface area contributed by atoms with E-state index in [0.717, 1.165) is 16.9 Å². The van der Waals surface area contributed by atoms with Gasteiger partial charge in [-0.05, 0) is 54.8 Å². The number of hydrogen-bond acceptors (Lipinski definition) is 3. The molecule has 0 aliphatic rings. The van der Waals surface area contributed by atoms with E-state index in [2.05, 4.69) is 5.32 Å². The van der Waals surface area contributed by atoms with Crippen LogP contribution < -0.4 is 10.1 Å². The van der Waals surface area contributed by atoms with Crippen LogP contribution in [0.5, 0.6) is 5.75 Å². The van der Waals surface area contributed by atoms with Crippen LogP contribution >= 0.6 is 11.6 Å². The Kier molecular flexibility index (Phi) is 7.67. The molecule has 2 rings (SSSR count). The summed E-state index contributed by atoms with van der Waals surface area (Å²) in [6, 6.07) is 12.7. The third kappa shape index (κ3) is 6.61. The highest BCUT2D eigenvalue weighted by Crippen LogP contribution is 2.21. The number of amides is 2. The van der Waals surface area contributed by atoms with Gasteiger partial charge in [0, 0.05) is 37.6 Å². The molecule has 0 saturated carbocycles. The quantitative estimate of drug-likeness (QED) is 0.699. The average Bonchev–Trinajstić information content (AvgIpc) is 2.66. The number of halogens is 1. The first kappa shape index (κ1) is 20.8. The van der Waals surface area contributed by atoms with Gasteiger partial charge in [0.05, 0.1) is 6.61 Å². The van der Waals surface area contributed by atoms with Gasteiger partial charge in [-0.25, -0.2) is 0 Å². The Bertz CT molecular complexity index is 789. The molecule has 0 atom stereocenters. The van der Waals surface area contributed by atoms with Crippen LogP contribution in [0.25, 0.3) is 0 Å². The van der Waals surface area contributed by atoms with E-state index in [0.29, 0.717) is 36.6 Å². The van der Waals surface area contributed by atoms with E-state index in [4.69, 9.17) is 16.3 Å². The van der Waals surface area contributed by atoms with E-state index in [1.807, 2.05) is 31.2 Å². The Morgan fingerprint density at radius 1 is 1.11 bits per heavy atom. The van der Waals surface area contributed by atoms with Crippen molar-refractivity contribution in [3.63, 3.8) is 0 Å². The zero-order valence-electron chi connectivity index (χ0n) is 15.9. The van der Waals surface area contributed by atoms with E-state index < -0.39 is 0 Å². The van der Waals surface area contributed by atoms with Crippen molar-refractivity contribution in [3.8, 4) is 5.75 Å². The van der Waals surface area contributed by atoms with Crippen molar-refractivity contribution in [2.24, 2.45) is 0 Å². The number of benzene rings is 2. The number of aryl methyl sites for hydroxylation is 1. The predicted octanol–water partition coefficient (Wildman–Crippen LogP) is 3.83. The molecular formula is C21H25ClN2O3. The first-order valence-electron chi connectivity index (χ1n) is 8.83. The number of nitrogens with zero attached hydrogens (tertiary/aromatic N) is 1. The van der Waals surface area contributed by atoms with E-state index in [1.54, 1.807) is 32.3 Å². The van der Waals surface area contributed by atoms with Gasteiger partial charge >= 0.3 is 0 Å². The molecule has 0 spiro atoms. The second-order valence-electron chi connectivity index (χ2n) is 6.54. The van der Waals surface area contributed by atoms with Gasteiger partial charge in [-0.2, -0.15) is 0 Å². The SMILES string of the molecule is Cc1cc(OCCCC(=O)NCc2ccc(C(=O)N(C)C)cc2)ccc1Cl. The first-order valence-corrected chi connectivity index (χ1v) is 9.21. The zero-order chi connectivity index (χ0) is 19.8. The molecule has 2 aromatic carbocycles. The summed E-state index contributed by atoms with van der Waals surface area (Å²) in [5.41, 5.74) is 2.54. The number of hydrogen-bond donors (Lipinski definition) is 1. The van der Waals surface area contributed by atoms with E-state index in [9.17, 15) is 9.59 Å². The van der Waals surface area contributed by atoms with Gasteiger partial charge in [-0.3, -0.25) is 9.59 Å². The highest BCUT2D eigenvalue weighted by atomic mass is 35.5. The summed E-state index contributed by atoms with van der Waals surface area (Å²) < 4.78 is 5.64. The van der Waals surface area contributed by atoms with Crippen LogP contribution in [0.15, 0.2) is 42.5 Å². The summed E-state index contributed by atoms with van der Waals surface area (Å²) in [7, 11) is 3.43. The molecule has 6 heteroatoms. The van der Waals surface area contributed by atoms with Crippen LogP contribution in [0.3, 0.4) is 0 Å². The molecule has 0 aliphatic carbocycles. The van der Waals surface area contributed by atoms with Gasteiger partial charge in [0.15, 0.2) is 0 Å². The topological polar surface area (TPSA) is 58.6 Å². The third-order valence-corrected chi connectivity index (χ3v) is 4.47. The third-order valence-electron chi connectivity index (χ3n) is 4.04. The summed E-state index contributed by atoms with van der Waals surface area (Å²) in [4.78, 5) is 25.3. The lowest BCUT2D eigenvalue weighted by Crippen LogP contribution is -2.23. The Morgan fingerprint density at radius 3 is 2.44 bits per heavy atom. The van der Waals surface area contributed by atoms with Gasteiger partial charge in [0.1, 0.15) is 5.75 Å². The lowest BCUT2D eigenvalue weighted by Gasteiger charge is -2.11. The molecule has 0 heterocycles. The fraction of sp³-hybridized carbons (Fsp3) is 0.333. The van der Waals surface area contributed by atoms with Crippen molar-refractivity contribution >= 4 is 23.4 Å². The Morgan fingerprint density at radius 2 is 1.81 bits per heavy atom. The fourth-order valence-electron chi connectivity index (χ4n) is 2.44. The minimum absolute atomic E-state index is 0.0284. The molecule has 0 unspecified atom stereocenters. The molecule has 27 heavy (non-hydrogen) atoms. The van der Waals surface area contributed by atoms with E-state index in [1.165, 1.54) is 4.90 Å². The minimum Gasteiger partial charge on any atom is -0.494 e. The normalized spacial score (nSPS) is 10.4. The van der Waals surface area contributed by atoms with Crippen LogP contribution in [0.1, 0.15) is 34.3 Å². The molecule has 0 fully saturated rings. The van der Waals surface area contributed by atoms with Crippen molar-refractivity contribution in [2.45, 2.75) is 26.3 Å². The number of rotatable bonds is 8. The molecule has 1 N–H and O–H groups in total. The smallest absolute Gasteiger partial charge is 0.253 e. The highest BCUT2D eigenvalue weighted by molar-refractivity contribution is 6.31. The Balaban J connectivity index is 1.68. The summed E-state index contributed by atoms with van der Waals surface area (Å²) in [5.74, 6) is 0.686. The molecular weight excluding hydrogens is 364 g/mol. The second-order valence-corrected chi connectivity index (χ2v) is 6.94. The molecule has 0 saturated heterocycles. The maximum absolute atomic E-state index is 11.9. The standard InChI is InChI=1S/C21H25ClN2O3/c1-15-13-18(10-11-19(15)22)27-12-4-5-20(25)23-14-16-6-8-17(9-7-16)21(26)24(2)3/h6-11,13H,4-5,12,14H2,1-3H3,(H,23,25). The van der Waals surface area contributed by atoms with Gasteiger partial charge < -0.3 is 15.0 Å². The number of carbonyl (C=O) groups excluding carboxylic acids is 2. The molecule has 2 amide bonds. The number of ether oxygens (including phenoxy) is 1. The van der Waals surface area contributed by atoms with Crippen LogP contribution in [0.2, 0.25) is 5.02 Å². The van der Waals surface area contributed by atoms with Crippen molar-refractivity contribution < 1.29 is 14.3 Å². The van der Waals surface area contributed by atoms with Gasteiger partial charge in [0.25, 0.3) is 5.91 Å². The minimum atomic E-state index is -0.0403. The highest BCUT2D eigenvalue weighted by Gasteiger charge is 2.08. The Labute approximate surface area is 165 Å². The zero-order valence-corrected chi connectivity index (χ0v) is 16.7. The van der Waals surface area contributed by atoms with Crippen LogP contribution in [-0.4, -0.2) is 37.4 Å². The summed E-state index contributed by atoms with van der Waals surface area (Å²) in [5, 5.41) is 3.59. The van der Waals surface area contributed by atoms with Crippen LogP contribution in [0, 0.1) is 6.92 Å². The summed E-state index contributed by atoms with van der Waals surface area (Å²) in [6.45, 7) is 2.83. The predicted molar refractivity (Wildman–Crippen MR) is 107 cm³/mol. The lowest BCUT2D eigenvalue weighted by molar-refractivity contribution is -0.121. The molecule has 144 valence electrons.